The smallest absolute Gasteiger partial charge is 0.0646 e. The minimum atomic E-state index is 0.784. The molecule has 1 nitrogen and oxygen atoms in total. The molecular formula is C12H12ClN. The summed E-state index contributed by atoms with van der Waals surface area (Å²) in [5.41, 5.74) is 3.50. The highest BCUT2D eigenvalue weighted by atomic mass is 35.5. The van der Waals surface area contributed by atoms with Crippen LogP contribution in [-0.2, 0) is 0 Å². The summed E-state index contributed by atoms with van der Waals surface area (Å²) in [6.45, 7) is 4.16. The summed E-state index contributed by atoms with van der Waals surface area (Å²) in [6.07, 6.45) is 2.09. The highest BCUT2D eigenvalue weighted by Crippen LogP contribution is 2.22. The Morgan fingerprint density at radius 1 is 1.14 bits per heavy atom. The molecule has 0 aliphatic rings. The van der Waals surface area contributed by atoms with Gasteiger partial charge in [-0.2, -0.15) is 0 Å². The monoisotopic (exact) mass is 205 g/mol. The largest absolute Gasteiger partial charge is 0.319 e. The summed E-state index contributed by atoms with van der Waals surface area (Å²) in [5.74, 6) is 0. The first-order valence-electron chi connectivity index (χ1n) is 4.59. The molecule has 0 bridgehead atoms. The van der Waals surface area contributed by atoms with E-state index < -0.39 is 0 Å². The lowest BCUT2D eigenvalue weighted by Gasteiger charge is -2.07. The summed E-state index contributed by atoms with van der Waals surface area (Å²) < 4.78 is 2.11. The van der Waals surface area contributed by atoms with Gasteiger partial charge < -0.3 is 4.57 Å². The van der Waals surface area contributed by atoms with Crippen LogP contribution in [0.1, 0.15) is 11.3 Å². The Bertz CT molecular complexity index is 457. The van der Waals surface area contributed by atoms with E-state index in [4.69, 9.17) is 11.6 Å². The normalized spacial score (nSPS) is 10.5. The van der Waals surface area contributed by atoms with Crippen molar-refractivity contribution in [3.05, 3.63) is 52.8 Å². The van der Waals surface area contributed by atoms with Gasteiger partial charge >= 0.3 is 0 Å². The van der Waals surface area contributed by atoms with Crippen LogP contribution in [0, 0.1) is 13.8 Å². The van der Waals surface area contributed by atoms with E-state index in [0.29, 0.717) is 0 Å². The lowest BCUT2D eigenvalue weighted by atomic mass is 10.3. The second-order valence-electron chi connectivity index (χ2n) is 3.48. The minimum absolute atomic E-state index is 0.784. The van der Waals surface area contributed by atoms with Crippen molar-refractivity contribution in [2.75, 3.05) is 0 Å². The quantitative estimate of drug-likeness (QED) is 0.668. The molecule has 0 N–H and O–H groups in total. The molecular weight excluding hydrogens is 194 g/mol. The van der Waals surface area contributed by atoms with Crippen molar-refractivity contribution in [2.45, 2.75) is 13.8 Å². The lowest BCUT2D eigenvalue weighted by Crippen LogP contribution is -1.94. The number of aromatic nitrogens is 1. The number of benzene rings is 1. The SMILES string of the molecule is Cc1cc(C)n(-c2ccccc2Cl)c1. The van der Waals surface area contributed by atoms with Crippen LogP contribution < -0.4 is 0 Å². The van der Waals surface area contributed by atoms with Crippen molar-refractivity contribution in [3.63, 3.8) is 0 Å². The number of hydrogen-bond acceptors (Lipinski definition) is 0. The zero-order valence-electron chi connectivity index (χ0n) is 8.29. The molecule has 1 aromatic heterocycles. The molecule has 0 unspecified atom stereocenters. The second kappa shape index (κ2) is 3.50. The topological polar surface area (TPSA) is 4.93 Å². The van der Waals surface area contributed by atoms with Gasteiger partial charge in [0.1, 0.15) is 0 Å². The maximum Gasteiger partial charge on any atom is 0.0646 e. The van der Waals surface area contributed by atoms with E-state index in [1.807, 2.05) is 24.3 Å². The second-order valence-corrected chi connectivity index (χ2v) is 3.89. The Morgan fingerprint density at radius 3 is 2.43 bits per heavy atom. The third-order valence-corrected chi connectivity index (χ3v) is 2.58. The number of hydrogen-bond donors (Lipinski definition) is 0. The first kappa shape index (κ1) is 9.35. The fourth-order valence-electron chi connectivity index (χ4n) is 1.65. The van der Waals surface area contributed by atoms with Crippen molar-refractivity contribution in [2.24, 2.45) is 0 Å². The van der Waals surface area contributed by atoms with Crippen molar-refractivity contribution in [1.29, 1.82) is 0 Å². The summed E-state index contributed by atoms with van der Waals surface area (Å²) in [4.78, 5) is 0. The van der Waals surface area contributed by atoms with Crippen LogP contribution in [-0.4, -0.2) is 4.57 Å². The molecule has 14 heavy (non-hydrogen) atoms. The molecule has 2 rings (SSSR count). The maximum absolute atomic E-state index is 6.12. The Labute approximate surface area is 88.9 Å². The molecule has 0 saturated carbocycles. The van der Waals surface area contributed by atoms with Gasteiger partial charge in [0.15, 0.2) is 0 Å². The fraction of sp³-hybridized carbons (Fsp3) is 0.167. The van der Waals surface area contributed by atoms with E-state index in [1.165, 1.54) is 11.3 Å². The lowest BCUT2D eigenvalue weighted by molar-refractivity contribution is 1.01. The third-order valence-electron chi connectivity index (χ3n) is 2.26. The van der Waals surface area contributed by atoms with Gasteiger partial charge in [0.2, 0.25) is 0 Å². The van der Waals surface area contributed by atoms with Gasteiger partial charge in [-0.1, -0.05) is 23.7 Å². The molecule has 2 heteroatoms. The summed E-state index contributed by atoms with van der Waals surface area (Å²) in [5, 5.41) is 0.784. The average molecular weight is 206 g/mol. The van der Waals surface area contributed by atoms with Gasteiger partial charge in [0.05, 0.1) is 10.7 Å². The number of aryl methyl sites for hydroxylation is 2. The summed E-state index contributed by atoms with van der Waals surface area (Å²) in [6, 6.07) is 10.0. The van der Waals surface area contributed by atoms with Crippen molar-refractivity contribution in [3.8, 4) is 5.69 Å². The Morgan fingerprint density at radius 2 is 1.86 bits per heavy atom. The van der Waals surface area contributed by atoms with Crippen LogP contribution in [0.2, 0.25) is 5.02 Å². The summed E-state index contributed by atoms with van der Waals surface area (Å²) >= 11 is 6.12. The third kappa shape index (κ3) is 1.55. The standard InChI is InChI=1S/C12H12ClN/c1-9-7-10(2)14(8-9)12-6-4-3-5-11(12)13/h3-8H,1-2H3. The number of nitrogens with zero attached hydrogens (tertiary/aromatic N) is 1. The molecule has 72 valence electrons. The highest BCUT2D eigenvalue weighted by Gasteiger charge is 2.04. The molecule has 0 spiro atoms. The van der Waals surface area contributed by atoms with Gasteiger partial charge in [-0.05, 0) is 37.6 Å². The fourth-order valence-corrected chi connectivity index (χ4v) is 1.88. The van der Waals surface area contributed by atoms with E-state index in [2.05, 4.69) is 30.7 Å². The van der Waals surface area contributed by atoms with E-state index in [0.717, 1.165) is 10.7 Å². The van der Waals surface area contributed by atoms with Gasteiger partial charge in [0.25, 0.3) is 0 Å². The Balaban J connectivity index is 2.60. The zero-order chi connectivity index (χ0) is 10.1. The zero-order valence-corrected chi connectivity index (χ0v) is 9.05. The predicted molar refractivity (Wildman–Crippen MR) is 60.3 cm³/mol. The van der Waals surface area contributed by atoms with Crippen LogP contribution in [0.15, 0.2) is 36.5 Å². The van der Waals surface area contributed by atoms with Crippen molar-refractivity contribution < 1.29 is 0 Å². The van der Waals surface area contributed by atoms with Gasteiger partial charge in [0, 0.05) is 11.9 Å². The Kier molecular flexibility index (Phi) is 2.34. The number of halogens is 1. The van der Waals surface area contributed by atoms with Gasteiger partial charge in [-0.3, -0.25) is 0 Å². The van der Waals surface area contributed by atoms with Gasteiger partial charge in [-0.15, -0.1) is 0 Å². The van der Waals surface area contributed by atoms with Gasteiger partial charge in [-0.25, -0.2) is 0 Å². The minimum Gasteiger partial charge on any atom is -0.319 e. The van der Waals surface area contributed by atoms with Crippen molar-refractivity contribution >= 4 is 11.6 Å². The van der Waals surface area contributed by atoms with E-state index >= 15 is 0 Å². The van der Waals surface area contributed by atoms with E-state index in [-0.39, 0.29) is 0 Å². The number of para-hydroxylation sites is 1. The van der Waals surface area contributed by atoms with E-state index in [9.17, 15) is 0 Å². The van der Waals surface area contributed by atoms with Crippen LogP contribution in [0.3, 0.4) is 0 Å². The molecule has 1 heterocycles. The predicted octanol–water partition coefficient (Wildman–Crippen LogP) is 3.75. The first-order chi connectivity index (χ1) is 6.68. The molecule has 0 aliphatic heterocycles. The van der Waals surface area contributed by atoms with Crippen molar-refractivity contribution in [1.82, 2.24) is 4.57 Å². The molecule has 0 radical (unpaired) electrons. The van der Waals surface area contributed by atoms with Crippen LogP contribution in [0.5, 0.6) is 0 Å². The highest BCUT2D eigenvalue weighted by molar-refractivity contribution is 6.32. The molecule has 0 aliphatic carbocycles. The molecule has 0 atom stereocenters. The molecule has 2 aromatic rings. The van der Waals surface area contributed by atoms with Crippen LogP contribution >= 0.6 is 11.6 Å². The van der Waals surface area contributed by atoms with E-state index in [1.54, 1.807) is 0 Å². The Hall–Kier alpha value is -1.21. The molecule has 0 fully saturated rings. The van der Waals surface area contributed by atoms with Crippen LogP contribution in [0.25, 0.3) is 5.69 Å². The molecule has 0 saturated heterocycles. The molecule has 0 amide bonds. The average Bonchev–Trinajstić information content (AvgIpc) is 2.46. The van der Waals surface area contributed by atoms with Crippen LogP contribution in [0.4, 0.5) is 0 Å². The number of rotatable bonds is 1. The summed E-state index contributed by atoms with van der Waals surface area (Å²) in [7, 11) is 0. The molecule has 1 aromatic carbocycles. The maximum atomic E-state index is 6.12. The first-order valence-corrected chi connectivity index (χ1v) is 4.97.